The second kappa shape index (κ2) is 39.7. The Morgan fingerprint density at radius 1 is 0.566 bits per heavy atom. The number of esters is 2. The van der Waals surface area contributed by atoms with Gasteiger partial charge in [-0.2, -0.15) is 0 Å². The summed E-state index contributed by atoms with van der Waals surface area (Å²) >= 11 is 0. The Bertz CT molecular complexity index is 1010. The molecule has 0 spiro atoms. The van der Waals surface area contributed by atoms with Gasteiger partial charge in [0.05, 0.1) is 13.2 Å². The van der Waals surface area contributed by atoms with Crippen LogP contribution in [0.25, 0.3) is 0 Å². The molecule has 9 nitrogen and oxygen atoms in total. The minimum absolute atomic E-state index is 0.0474. The summed E-state index contributed by atoms with van der Waals surface area (Å²) in [6.45, 7) is 3.66. The molecule has 0 aliphatic carbocycles. The highest BCUT2D eigenvalue weighted by Gasteiger charge is 2.26. The molecule has 0 saturated carbocycles. The second-order valence-corrected chi connectivity index (χ2v) is 15.3. The van der Waals surface area contributed by atoms with E-state index in [0.29, 0.717) is 12.8 Å². The number of phosphoric acid groups is 1. The molecule has 2 atom stereocenters. The summed E-state index contributed by atoms with van der Waals surface area (Å²) in [5.74, 6) is -0.865. The molecule has 0 aromatic carbocycles. The van der Waals surface area contributed by atoms with E-state index in [1.54, 1.807) is 0 Å². The van der Waals surface area contributed by atoms with Gasteiger partial charge in [0.15, 0.2) is 6.10 Å². The van der Waals surface area contributed by atoms with Crippen LogP contribution in [0.5, 0.6) is 0 Å². The second-order valence-electron chi connectivity index (χ2n) is 13.8. The molecule has 308 valence electrons. The van der Waals surface area contributed by atoms with Crippen molar-refractivity contribution in [2.45, 2.75) is 187 Å². The molecule has 0 radical (unpaired) electrons. The van der Waals surface area contributed by atoms with Crippen LogP contribution in [0, 0.1) is 0 Å². The molecule has 0 saturated heterocycles. The minimum Gasteiger partial charge on any atom is -0.462 e. The van der Waals surface area contributed by atoms with Gasteiger partial charge in [0, 0.05) is 19.4 Å². The van der Waals surface area contributed by atoms with Crippen LogP contribution in [-0.4, -0.2) is 49.3 Å². The average Bonchev–Trinajstić information content (AvgIpc) is 3.14. The number of phosphoric ester groups is 1. The number of carbonyl (C=O) groups is 2. The van der Waals surface area contributed by atoms with E-state index in [0.717, 1.165) is 70.6 Å². The highest BCUT2D eigenvalue weighted by molar-refractivity contribution is 7.47. The topological polar surface area (TPSA) is 134 Å². The van der Waals surface area contributed by atoms with E-state index < -0.39 is 32.5 Å². The van der Waals surface area contributed by atoms with Gasteiger partial charge in [-0.1, -0.05) is 140 Å². The van der Waals surface area contributed by atoms with Crippen molar-refractivity contribution < 1.29 is 37.6 Å². The summed E-state index contributed by atoms with van der Waals surface area (Å²) in [6.07, 6.45) is 44.2. The van der Waals surface area contributed by atoms with Crippen LogP contribution >= 0.6 is 7.82 Å². The molecule has 0 bridgehead atoms. The van der Waals surface area contributed by atoms with Gasteiger partial charge in [-0.15, -0.1) is 0 Å². The third-order valence-electron chi connectivity index (χ3n) is 8.69. The number of allylic oxidation sites excluding steroid dienone is 8. The number of unbranched alkanes of at least 4 members (excludes halogenated alkanes) is 18. The maximum Gasteiger partial charge on any atom is 0.472 e. The van der Waals surface area contributed by atoms with Gasteiger partial charge >= 0.3 is 19.8 Å². The number of ether oxygens (including phenoxy) is 2. The van der Waals surface area contributed by atoms with Gasteiger partial charge in [-0.3, -0.25) is 18.6 Å². The first-order valence-corrected chi connectivity index (χ1v) is 22.6. The van der Waals surface area contributed by atoms with Crippen molar-refractivity contribution >= 4 is 19.8 Å². The van der Waals surface area contributed by atoms with Gasteiger partial charge in [0.25, 0.3) is 0 Å². The van der Waals surface area contributed by atoms with Crippen molar-refractivity contribution in [1.82, 2.24) is 0 Å². The van der Waals surface area contributed by atoms with Gasteiger partial charge in [-0.25, -0.2) is 4.57 Å². The van der Waals surface area contributed by atoms with E-state index in [2.05, 4.69) is 62.5 Å². The van der Waals surface area contributed by atoms with E-state index in [1.807, 2.05) is 0 Å². The first-order chi connectivity index (χ1) is 25.8. The largest absolute Gasteiger partial charge is 0.472 e. The Morgan fingerprint density at radius 2 is 0.981 bits per heavy atom. The molecule has 3 N–H and O–H groups in total. The summed E-state index contributed by atoms with van der Waals surface area (Å²) in [6, 6.07) is 0. The number of nitrogens with two attached hydrogens (primary N) is 1. The van der Waals surface area contributed by atoms with E-state index in [4.69, 9.17) is 24.3 Å². The summed E-state index contributed by atoms with van der Waals surface area (Å²) in [5.41, 5.74) is 5.34. The van der Waals surface area contributed by atoms with E-state index >= 15 is 0 Å². The van der Waals surface area contributed by atoms with Crippen LogP contribution in [0.4, 0.5) is 0 Å². The van der Waals surface area contributed by atoms with Gasteiger partial charge in [0.2, 0.25) is 0 Å². The van der Waals surface area contributed by atoms with Crippen LogP contribution in [0.3, 0.4) is 0 Å². The molecule has 0 aromatic heterocycles. The molecule has 0 fully saturated rings. The fourth-order valence-corrected chi connectivity index (χ4v) is 6.28. The van der Waals surface area contributed by atoms with Crippen LogP contribution in [0.1, 0.15) is 181 Å². The molecule has 1 unspecified atom stereocenters. The van der Waals surface area contributed by atoms with Crippen LogP contribution in [0.15, 0.2) is 48.6 Å². The number of rotatable bonds is 39. The van der Waals surface area contributed by atoms with Crippen LogP contribution < -0.4 is 5.73 Å². The predicted molar refractivity (Wildman–Crippen MR) is 220 cm³/mol. The lowest BCUT2D eigenvalue weighted by Gasteiger charge is -2.19. The fourth-order valence-electron chi connectivity index (χ4n) is 5.52. The van der Waals surface area contributed by atoms with Crippen molar-refractivity contribution in [3.05, 3.63) is 48.6 Å². The Morgan fingerprint density at radius 3 is 1.51 bits per heavy atom. The molecule has 0 amide bonds. The van der Waals surface area contributed by atoms with E-state index in [-0.39, 0.29) is 32.6 Å². The normalized spacial score (nSPS) is 13.8. The molecular formula is C43H78NO8P. The molecule has 0 heterocycles. The molecule has 0 rings (SSSR count). The van der Waals surface area contributed by atoms with Crippen molar-refractivity contribution in [3.8, 4) is 0 Å². The predicted octanol–water partition coefficient (Wildman–Crippen LogP) is 11.9. The van der Waals surface area contributed by atoms with Crippen molar-refractivity contribution in [2.24, 2.45) is 5.73 Å². The van der Waals surface area contributed by atoms with Crippen molar-refractivity contribution in [1.29, 1.82) is 0 Å². The SMILES string of the molecule is CCCCCC=CCC=CCC=CCCCCCCC(=O)OC[C@H](COP(=O)(O)OCCN)OC(=O)CCCCCCCC=CCCCCCCCC. The third-order valence-corrected chi connectivity index (χ3v) is 9.67. The highest BCUT2D eigenvalue weighted by atomic mass is 31.2. The van der Waals surface area contributed by atoms with E-state index in [9.17, 15) is 19.0 Å². The Balaban J connectivity index is 4.23. The van der Waals surface area contributed by atoms with E-state index in [1.165, 1.54) is 70.6 Å². The number of hydrogen-bond acceptors (Lipinski definition) is 8. The van der Waals surface area contributed by atoms with Crippen LogP contribution in [0.2, 0.25) is 0 Å². The maximum atomic E-state index is 12.6. The van der Waals surface area contributed by atoms with Crippen LogP contribution in [-0.2, 0) is 32.7 Å². The smallest absolute Gasteiger partial charge is 0.462 e. The Labute approximate surface area is 324 Å². The molecule has 53 heavy (non-hydrogen) atoms. The summed E-state index contributed by atoms with van der Waals surface area (Å²) in [4.78, 5) is 34.8. The van der Waals surface area contributed by atoms with Crippen molar-refractivity contribution in [2.75, 3.05) is 26.4 Å². The van der Waals surface area contributed by atoms with Gasteiger partial charge in [-0.05, 0) is 77.0 Å². The zero-order valence-corrected chi connectivity index (χ0v) is 34.6. The summed E-state index contributed by atoms with van der Waals surface area (Å²) in [7, 11) is -4.38. The zero-order chi connectivity index (χ0) is 38.9. The number of carbonyl (C=O) groups excluding carboxylic acids is 2. The third kappa shape index (κ3) is 39.5. The van der Waals surface area contributed by atoms with Gasteiger partial charge < -0.3 is 20.1 Å². The fraction of sp³-hybridized carbons (Fsp3) is 0.767. The quantitative estimate of drug-likeness (QED) is 0.0271. The summed E-state index contributed by atoms with van der Waals surface area (Å²) < 4.78 is 32.7. The highest BCUT2D eigenvalue weighted by Crippen LogP contribution is 2.43. The van der Waals surface area contributed by atoms with Crippen molar-refractivity contribution in [3.63, 3.8) is 0 Å². The summed E-state index contributed by atoms with van der Waals surface area (Å²) in [5, 5.41) is 0. The zero-order valence-electron chi connectivity index (χ0n) is 33.7. The maximum absolute atomic E-state index is 12.6. The lowest BCUT2D eigenvalue weighted by molar-refractivity contribution is -0.161. The average molecular weight is 768 g/mol. The molecule has 0 aromatic rings. The molecular weight excluding hydrogens is 689 g/mol. The first-order valence-electron chi connectivity index (χ1n) is 21.1. The minimum atomic E-state index is -4.38. The Kier molecular flexibility index (Phi) is 38.1. The molecule has 0 aliphatic rings. The van der Waals surface area contributed by atoms with Gasteiger partial charge in [0.1, 0.15) is 6.61 Å². The lowest BCUT2D eigenvalue weighted by Crippen LogP contribution is -2.29. The monoisotopic (exact) mass is 768 g/mol. The Hall–Kier alpha value is -2.03. The first kappa shape index (κ1) is 51.0. The molecule has 10 heteroatoms. The lowest BCUT2D eigenvalue weighted by atomic mass is 10.1. The number of hydrogen-bond donors (Lipinski definition) is 2. The standard InChI is InChI=1S/C43H78NO8P/c1-3-5-7-9-11-13-15-17-19-20-22-23-25-27-29-31-33-35-42(45)49-39-41(40-51-53(47,48)50-38-37-44)52-43(46)36-34-32-30-28-26-24-21-18-16-14-12-10-8-6-4-2/h11,13,17-19,21-23,41H,3-10,12,14-16,20,24-40,44H2,1-2H3,(H,47,48)/t41-/m1/s1. The molecule has 0 aliphatic heterocycles.